The maximum Gasteiger partial charge on any atom is -0.0125 e. The van der Waals surface area contributed by atoms with E-state index in [9.17, 15) is 0 Å². The minimum Gasteiger partial charge on any atom is -0.0750 e. The SMILES string of the molecule is CC1=CC(C)(C)CC(C)=C1c1cc(C)cc(-c2c(C)cc(C)cc2C)c1. The van der Waals surface area contributed by atoms with E-state index in [0.29, 0.717) is 0 Å². The van der Waals surface area contributed by atoms with Gasteiger partial charge in [0.1, 0.15) is 0 Å². The third-order valence-electron chi connectivity index (χ3n) is 5.48. The molecule has 3 rings (SSSR count). The van der Waals surface area contributed by atoms with Crippen LogP contribution in [0.25, 0.3) is 16.7 Å². The Bertz CT molecular complexity index is 910. The summed E-state index contributed by atoms with van der Waals surface area (Å²) in [7, 11) is 0. The molecule has 0 saturated carbocycles. The fraction of sp³-hybridized carbons (Fsp3) is 0.385. The number of allylic oxidation sites excluding steroid dienone is 4. The van der Waals surface area contributed by atoms with Crippen molar-refractivity contribution in [3.05, 3.63) is 75.4 Å². The van der Waals surface area contributed by atoms with Gasteiger partial charge >= 0.3 is 0 Å². The van der Waals surface area contributed by atoms with E-state index in [0.717, 1.165) is 6.42 Å². The molecule has 0 amide bonds. The highest BCUT2D eigenvalue weighted by Crippen LogP contribution is 2.42. The van der Waals surface area contributed by atoms with Gasteiger partial charge in [-0.05, 0) is 104 Å². The van der Waals surface area contributed by atoms with Crippen molar-refractivity contribution >= 4 is 5.57 Å². The van der Waals surface area contributed by atoms with Crippen molar-refractivity contribution in [2.45, 2.75) is 61.8 Å². The van der Waals surface area contributed by atoms with E-state index in [4.69, 9.17) is 0 Å². The molecule has 0 radical (unpaired) electrons. The van der Waals surface area contributed by atoms with Crippen LogP contribution in [-0.4, -0.2) is 0 Å². The highest BCUT2D eigenvalue weighted by atomic mass is 14.3. The first-order valence-electron chi connectivity index (χ1n) is 9.67. The smallest absolute Gasteiger partial charge is 0.0125 e. The summed E-state index contributed by atoms with van der Waals surface area (Å²) in [6.07, 6.45) is 3.57. The zero-order valence-electron chi connectivity index (χ0n) is 17.7. The van der Waals surface area contributed by atoms with Crippen LogP contribution in [0.2, 0.25) is 0 Å². The predicted octanol–water partition coefficient (Wildman–Crippen LogP) is 7.74. The van der Waals surface area contributed by atoms with Gasteiger partial charge in [0.05, 0.1) is 0 Å². The Labute approximate surface area is 159 Å². The molecule has 0 heteroatoms. The molecule has 0 bridgehead atoms. The van der Waals surface area contributed by atoms with Gasteiger partial charge in [-0.15, -0.1) is 0 Å². The maximum atomic E-state index is 2.44. The second-order valence-electron chi connectivity index (χ2n) is 9.01. The van der Waals surface area contributed by atoms with E-state index >= 15 is 0 Å². The molecule has 0 saturated heterocycles. The second-order valence-corrected chi connectivity index (χ2v) is 9.01. The number of aryl methyl sites for hydroxylation is 4. The van der Waals surface area contributed by atoms with Crippen LogP contribution in [0.3, 0.4) is 0 Å². The van der Waals surface area contributed by atoms with Gasteiger partial charge in [0.25, 0.3) is 0 Å². The lowest BCUT2D eigenvalue weighted by Gasteiger charge is -2.30. The number of hydrogen-bond donors (Lipinski definition) is 0. The van der Waals surface area contributed by atoms with Gasteiger partial charge in [-0.2, -0.15) is 0 Å². The summed E-state index contributed by atoms with van der Waals surface area (Å²) in [5, 5.41) is 0. The molecule has 0 heterocycles. The zero-order valence-corrected chi connectivity index (χ0v) is 17.7. The molecule has 1 aliphatic carbocycles. The maximum absolute atomic E-state index is 2.44. The Kier molecular flexibility index (Phi) is 4.73. The Balaban J connectivity index is 2.18. The first-order valence-corrected chi connectivity index (χ1v) is 9.67. The van der Waals surface area contributed by atoms with Crippen molar-refractivity contribution in [2.75, 3.05) is 0 Å². The summed E-state index contributed by atoms with van der Waals surface area (Å²) in [5.74, 6) is 0. The quantitative estimate of drug-likeness (QED) is 0.522. The average Bonchev–Trinajstić information content (AvgIpc) is 2.43. The van der Waals surface area contributed by atoms with Gasteiger partial charge < -0.3 is 0 Å². The first kappa shape index (κ1) is 18.7. The van der Waals surface area contributed by atoms with Crippen LogP contribution in [0.1, 0.15) is 61.9 Å². The van der Waals surface area contributed by atoms with E-state index < -0.39 is 0 Å². The number of hydrogen-bond acceptors (Lipinski definition) is 0. The molecule has 0 atom stereocenters. The van der Waals surface area contributed by atoms with Gasteiger partial charge in [0.15, 0.2) is 0 Å². The average molecular weight is 345 g/mol. The fourth-order valence-electron chi connectivity index (χ4n) is 5.00. The third kappa shape index (κ3) is 3.56. The molecule has 0 N–H and O–H groups in total. The summed E-state index contributed by atoms with van der Waals surface area (Å²) in [6, 6.07) is 11.7. The summed E-state index contributed by atoms with van der Waals surface area (Å²) < 4.78 is 0. The van der Waals surface area contributed by atoms with Gasteiger partial charge in [-0.25, -0.2) is 0 Å². The van der Waals surface area contributed by atoms with Crippen molar-refractivity contribution in [2.24, 2.45) is 5.41 Å². The van der Waals surface area contributed by atoms with Crippen molar-refractivity contribution in [3.63, 3.8) is 0 Å². The van der Waals surface area contributed by atoms with Crippen LogP contribution in [0.15, 0.2) is 47.6 Å². The van der Waals surface area contributed by atoms with E-state index in [1.807, 2.05) is 0 Å². The Morgan fingerprint density at radius 3 is 1.81 bits per heavy atom. The summed E-state index contributed by atoms with van der Waals surface area (Å²) in [6.45, 7) is 18.1. The van der Waals surface area contributed by atoms with Crippen molar-refractivity contribution in [1.29, 1.82) is 0 Å². The Morgan fingerprint density at radius 2 is 1.23 bits per heavy atom. The summed E-state index contributed by atoms with van der Waals surface area (Å²) >= 11 is 0. The van der Waals surface area contributed by atoms with E-state index in [2.05, 4.69) is 91.8 Å². The van der Waals surface area contributed by atoms with Gasteiger partial charge in [-0.3, -0.25) is 0 Å². The molecule has 0 spiro atoms. The molecule has 0 unspecified atom stereocenters. The molecule has 26 heavy (non-hydrogen) atoms. The standard InChI is InChI=1S/C26H32/c1-16-9-18(3)24(19(4)10-16)22-11-17(2)12-23(13-22)25-20(5)14-26(7,8)15-21(25)6/h9-14H,15H2,1-8H3. The molecule has 0 nitrogen and oxygen atoms in total. The van der Waals surface area contributed by atoms with Gasteiger partial charge in [0, 0.05) is 0 Å². The molecule has 0 aliphatic heterocycles. The molecule has 0 fully saturated rings. The Morgan fingerprint density at radius 1 is 0.692 bits per heavy atom. The van der Waals surface area contributed by atoms with Crippen LogP contribution in [0, 0.1) is 33.1 Å². The lowest BCUT2D eigenvalue weighted by Crippen LogP contribution is -2.14. The zero-order chi connectivity index (χ0) is 19.2. The topological polar surface area (TPSA) is 0 Å². The third-order valence-corrected chi connectivity index (χ3v) is 5.48. The fourth-order valence-corrected chi connectivity index (χ4v) is 5.00. The second kappa shape index (κ2) is 6.58. The minimum absolute atomic E-state index is 0.258. The highest BCUT2D eigenvalue weighted by Gasteiger charge is 2.24. The minimum atomic E-state index is 0.258. The Hall–Kier alpha value is -2.08. The van der Waals surface area contributed by atoms with Crippen molar-refractivity contribution in [3.8, 4) is 11.1 Å². The monoisotopic (exact) mass is 344 g/mol. The lowest BCUT2D eigenvalue weighted by atomic mass is 9.75. The number of benzene rings is 2. The first-order chi connectivity index (χ1) is 12.1. The van der Waals surface area contributed by atoms with E-state index in [1.165, 1.54) is 55.7 Å². The molecular formula is C26H32. The summed E-state index contributed by atoms with van der Waals surface area (Å²) in [4.78, 5) is 0. The van der Waals surface area contributed by atoms with Crippen molar-refractivity contribution in [1.82, 2.24) is 0 Å². The van der Waals surface area contributed by atoms with Crippen molar-refractivity contribution < 1.29 is 0 Å². The molecule has 1 aliphatic rings. The van der Waals surface area contributed by atoms with Gasteiger partial charge in [-0.1, -0.05) is 55.3 Å². The normalized spacial score (nSPS) is 16.7. The molecule has 0 aromatic heterocycles. The van der Waals surface area contributed by atoms with Crippen LogP contribution in [-0.2, 0) is 0 Å². The lowest BCUT2D eigenvalue weighted by molar-refractivity contribution is 0.468. The highest BCUT2D eigenvalue weighted by molar-refractivity contribution is 5.85. The van der Waals surface area contributed by atoms with Crippen LogP contribution < -0.4 is 0 Å². The predicted molar refractivity (Wildman–Crippen MR) is 116 cm³/mol. The van der Waals surface area contributed by atoms with Crippen LogP contribution in [0.4, 0.5) is 0 Å². The number of rotatable bonds is 2. The van der Waals surface area contributed by atoms with E-state index in [-0.39, 0.29) is 5.41 Å². The molecular weight excluding hydrogens is 312 g/mol. The van der Waals surface area contributed by atoms with Gasteiger partial charge in [0.2, 0.25) is 0 Å². The van der Waals surface area contributed by atoms with Crippen LogP contribution in [0.5, 0.6) is 0 Å². The van der Waals surface area contributed by atoms with E-state index in [1.54, 1.807) is 0 Å². The van der Waals surface area contributed by atoms with Crippen LogP contribution >= 0.6 is 0 Å². The molecule has 136 valence electrons. The molecule has 2 aromatic carbocycles. The summed E-state index contributed by atoms with van der Waals surface area (Å²) in [5.41, 5.74) is 14.1. The largest absolute Gasteiger partial charge is 0.0750 e. The molecule has 2 aromatic rings.